The number of hydrogen-bond donors (Lipinski definition) is 3. The van der Waals surface area contributed by atoms with E-state index in [0.717, 1.165) is 57.9 Å². The number of primary amides is 1. The molecular weight excluding hydrogens is 418 g/mol. The monoisotopic (exact) mass is 445 g/mol. The van der Waals surface area contributed by atoms with Crippen LogP contribution in [-0.2, 0) is 11.3 Å². The van der Waals surface area contributed by atoms with Crippen LogP contribution < -0.4 is 16.4 Å². The van der Waals surface area contributed by atoms with Gasteiger partial charge in [0.2, 0.25) is 0 Å². The molecule has 0 spiro atoms. The Morgan fingerprint density at radius 1 is 1.21 bits per heavy atom. The van der Waals surface area contributed by atoms with Crippen LogP contribution in [0.1, 0.15) is 22.3 Å². The molecule has 2 aromatic heterocycles. The van der Waals surface area contributed by atoms with E-state index in [9.17, 15) is 4.79 Å². The SMILES string of the molecule is NC(=O)c1cc(-c2ccc(CN3CCOCC3)cc2)nc2c(N[C@]34CNC[C@H]3C4)ncnc12. The van der Waals surface area contributed by atoms with E-state index in [-0.39, 0.29) is 5.54 Å². The first kappa shape index (κ1) is 20.5. The summed E-state index contributed by atoms with van der Waals surface area (Å²) in [6, 6.07) is 10.0. The second-order valence-electron chi connectivity index (χ2n) is 9.24. The van der Waals surface area contributed by atoms with Gasteiger partial charge in [-0.15, -0.1) is 0 Å². The standard InChI is InChI=1S/C24H27N7O2/c25-22(32)18-9-19(16-3-1-15(2-4-16)12-31-5-7-33-8-6-31)29-21-20(18)27-14-28-23(21)30-24-10-17(24)11-26-13-24/h1-4,9,14,17,26H,5-8,10-13H2,(H2,25,32)(H,27,28,30)/t17-,24-/m1/s1. The van der Waals surface area contributed by atoms with Crippen LogP contribution >= 0.6 is 0 Å². The fourth-order valence-corrected chi connectivity index (χ4v) is 5.03. The first-order valence-electron chi connectivity index (χ1n) is 11.5. The van der Waals surface area contributed by atoms with E-state index in [0.29, 0.717) is 34.0 Å². The van der Waals surface area contributed by atoms with Crippen molar-refractivity contribution >= 4 is 22.8 Å². The number of nitrogens with one attached hydrogen (secondary N) is 2. The Balaban J connectivity index is 1.34. The number of ether oxygens (including phenoxy) is 1. The number of fused-ring (bicyclic) bond motifs is 2. The molecule has 0 unspecified atom stereocenters. The molecule has 1 aromatic carbocycles. The number of nitrogens with two attached hydrogens (primary N) is 1. The van der Waals surface area contributed by atoms with Gasteiger partial charge in [-0.25, -0.2) is 15.0 Å². The van der Waals surface area contributed by atoms with Gasteiger partial charge in [-0.05, 0) is 24.0 Å². The highest BCUT2D eigenvalue weighted by Crippen LogP contribution is 2.48. The molecular formula is C24H27N7O2. The molecule has 4 heterocycles. The normalized spacial score (nSPS) is 24.5. The molecule has 9 heteroatoms. The summed E-state index contributed by atoms with van der Waals surface area (Å²) in [6.07, 6.45) is 2.58. The molecule has 0 radical (unpaired) electrons. The van der Waals surface area contributed by atoms with Gasteiger partial charge in [-0.2, -0.15) is 0 Å². The van der Waals surface area contributed by atoms with Gasteiger partial charge in [-0.1, -0.05) is 24.3 Å². The highest BCUT2D eigenvalue weighted by molar-refractivity contribution is 6.06. The predicted octanol–water partition coefficient (Wildman–Crippen LogP) is 1.40. The van der Waals surface area contributed by atoms with Crippen molar-refractivity contribution in [1.82, 2.24) is 25.2 Å². The van der Waals surface area contributed by atoms with E-state index in [1.165, 1.54) is 11.9 Å². The van der Waals surface area contributed by atoms with Crippen molar-refractivity contribution in [2.24, 2.45) is 11.7 Å². The van der Waals surface area contributed by atoms with Gasteiger partial charge in [0.05, 0.1) is 30.0 Å². The first-order valence-corrected chi connectivity index (χ1v) is 11.5. The quantitative estimate of drug-likeness (QED) is 0.521. The number of morpholine rings is 1. The molecule has 9 nitrogen and oxygen atoms in total. The fourth-order valence-electron chi connectivity index (χ4n) is 5.03. The zero-order valence-corrected chi connectivity index (χ0v) is 18.4. The Morgan fingerprint density at radius 2 is 2.03 bits per heavy atom. The van der Waals surface area contributed by atoms with Crippen molar-refractivity contribution in [2.75, 3.05) is 44.7 Å². The number of pyridine rings is 1. The fraction of sp³-hybridized carbons (Fsp3) is 0.417. The zero-order chi connectivity index (χ0) is 22.4. The van der Waals surface area contributed by atoms with E-state index in [2.05, 4.69) is 37.6 Å². The van der Waals surface area contributed by atoms with E-state index in [4.69, 9.17) is 15.5 Å². The number of hydrogen-bond acceptors (Lipinski definition) is 8. The number of carbonyl (C=O) groups excluding carboxylic acids is 1. The van der Waals surface area contributed by atoms with Crippen LogP contribution in [0.25, 0.3) is 22.3 Å². The minimum Gasteiger partial charge on any atom is -0.379 e. The molecule has 1 amide bonds. The summed E-state index contributed by atoms with van der Waals surface area (Å²) in [4.78, 5) is 28.4. The van der Waals surface area contributed by atoms with E-state index >= 15 is 0 Å². The maximum atomic E-state index is 12.3. The lowest BCUT2D eigenvalue weighted by Crippen LogP contribution is -2.35. The smallest absolute Gasteiger partial charge is 0.251 e. The van der Waals surface area contributed by atoms with Crippen molar-refractivity contribution in [3.05, 3.63) is 47.8 Å². The van der Waals surface area contributed by atoms with Crippen LogP contribution in [0.2, 0.25) is 0 Å². The lowest BCUT2D eigenvalue weighted by molar-refractivity contribution is 0.0342. The number of carbonyl (C=O) groups is 1. The van der Waals surface area contributed by atoms with Crippen LogP contribution in [0.5, 0.6) is 0 Å². The summed E-state index contributed by atoms with van der Waals surface area (Å²) in [7, 11) is 0. The summed E-state index contributed by atoms with van der Waals surface area (Å²) in [5.74, 6) is 0.724. The molecule has 2 aliphatic heterocycles. The largest absolute Gasteiger partial charge is 0.379 e. The van der Waals surface area contributed by atoms with Crippen molar-refractivity contribution in [2.45, 2.75) is 18.5 Å². The van der Waals surface area contributed by atoms with Gasteiger partial charge in [-0.3, -0.25) is 9.69 Å². The number of rotatable bonds is 6. The average Bonchev–Trinajstić information content (AvgIpc) is 3.37. The number of benzene rings is 1. The van der Waals surface area contributed by atoms with Crippen LogP contribution in [0, 0.1) is 5.92 Å². The zero-order valence-electron chi connectivity index (χ0n) is 18.4. The summed E-state index contributed by atoms with van der Waals surface area (Å²) in [5.41, 5.74) is 9.99. The van der Waals surface area contributed by atoms with Crippen LogP contribution in [0.3, 0.4) is 0 Å². The summed E-state index contributed by atoms with van der Waals surface area (Å²) >= 11 is 0. The minimum atomic E-state index is -0.526. The summed E-state index contributed by atoms with van der Waals surface area (Å²) in [5, 5.41) is 7.01. The third-order valence-electron chi connectivity index (χ3n) is 7.05. The lowest BCUT2D eigenvalue weighted by atomic mass is 10.0. The second-order valence-corrected chi connectivity index (χ2v) is 9.24. The maximum Gasteiger partial charge on any atom is 0.251 e. The van der Waals surface area contributed by atoms with Gasteiger partial charge < -0.3 is 21.1 Å². The number of amides is 1. The molecule has 0 bridgehead atoms. The van der Waals surface area contributed by atoms with Gasteiger partial charge >= 0.3 is 0 Å². The van der Waals surface area contributed by atoms with Crippen LogP contribution in [-0.4, -0.2) is 70.7 Å². The summed E-state index contributed by atoms with van der Waals surface area (Å²) in [6.45, 7) is 6.26. The molecule has 3 aliphatic rings. The van der Waals surface area contributed by atoms with Gasteiger partial charge in [0.1, 0.15) is 17.4 Å². The van der Waals surface area contributed by atoms with E-state index in [1.54, 1.807) is 6.07 Å². The molecule has 1 saturated carbocycles. The Bertz CT molecular complexity index is 1210. The average molecular weight is 446 g/mol. The predicted molar refractivity (Wildman–Crippen MR) is 125 cm³/mol. The van der Waals surface area contributed by atoms with E-state index in [1.807, 2.05) is 12.1 Å². The molecule has 2 saturated heterocycles. The molecule has 1 aliphatic carbocycles. The van der Waals surface area contributed by atoms with E-state index < -0.39 is 5.91 Å². The topological polar surface area (TPSA) is 118 Å². The highest BCUT2D eigenvalue weighted by atomic mass is 16.5. The number of nitrogens with zero attached hydrogens (tertiary/aromatic N) is 4. The Morgan fingerprint density at radius 3 is 2.73 bits per heavy atom. The Kier molecular flexibility index (Phi) is 4.97. The molecule has 3 fully saturated rings. The third-order valence-corrected chi connectivity index (χ3v) is 7.05. The van der Waals surface area contributed by atoms with Crippen molar-refractivity contribution in [1.29, 1.82) is 0 Å². The molecule has 33 heavy (non-hydrogen) atoms. The number of anilines is 1. The van der Waals surface area contributed by atoms with Crippen molar-refractivity contribution in [3.63, 3.8) is 0 Å². The lowest BCUT2D eigenvalue weighted by Gasteiger charge is -2.26. The Hall–Kier alpha value is -3.14. The molecule has 6 rings (SSSR count). The number of aromatic nitrogens is 3. The molecule has 170 valence electrons. The molecule has 4 N–H and O–H groups in total. The van der Waals surface area contributed by atoms with Crippen molar-refractivity contribution in [3.8, 4) is 11.3 Å². The van der Waals surface area contributed by atoms with Gasteiger partial charge in [0, 0.05) is 38.3 Å². The second kappa shape index (κ2) is 8.02. The molecule has 2 atom stereocenters. The Labute approximate surface area is 191 Å². The van der Waals surface area contributed by atoms with Gasteiger partial charge in [0.25, 0.3) is 5.91 Å². The van der Waals surface area contributed by atoms with Crippen LogP contribution in [0.4, 0.5) is 5.82 Å². The number of piperidine rings is 1. The first-order chi connectivity index (χ1) is 16.1. The minimum absolute atomic E-state index is 0.0208. The maximum absolute atomic E-state index is 12.3. The summed E-state index contributed by atoms with van der Waals surface area (Å²) < 4.78 is 5.43. The molecule has 3 aromatic rings. The van der Waals surface area contributed by atoms with Gasteiger partial charge in [0.15, 0.2) is 5.82 Å². The third kappa shape index (κ3) is 3.82. The van der Waals surface area contributed by atoms with Crippen molar-refractivity contribution < 1.29 is 9.53 Å². The van der Waals surface area contributed by atoms with Crippen LogP contribution in [0.15, 0.2) is 36.7 Å². The highest BCUT2D eigenvalue weighted by Gasteiger charge is 2.57.